The zero-order chi connectivity index (χ0) is 11.5. The van der Waals surface area contributed by atoms with Crippen molar-refractivity contribution in [2.24, 2.45) is 0 Å². The fourth-order valence-electron chi connectivity index (χ4n) is 0.769. The fourth-order valence-corrected chi connectivity index (χ4v) is 1.00. The molecule has 0 aliphatic rings. The molecule has 64 valence electrons. The SMILES string of the molecule is [2H]C([2H])([2H])Cc1cc(C(=N)SO)ccn1. The molecule has 0 saturated carbocycles. The molecule has 1 heterocycles. The van der Waals surface area contributed by atoms with Gasteiger partial charge in [-0.3, -0.25) is 10.4 Å². The second kappa shape index (κ2) is 4.23. The van der Waals surface area contributed by atoms with Gasteiger partial charge >= 0.3 is 0 Å². The lowest BCUT2D eigenvalue weighted by molar-refractivity contribution is 0.673. The summed E-state index contributed by atoms with van der Waals surface area (Å²) < 4.78 is 29.9. The van der Waals surface area contributed by atoms with E-state index < -0.39 is 6.85 Å². The van der Waals surface area contributed by atoms with Crippen LogP contribution in [-0.2, 0) is 6.42 Å². The number of nitrogens with zero attached hydrogens (tertiary/aromatic N) is 1. The van der Waals surface area contributed by atoms with E-state index in [4.69, 9.17) is 14.1 Å². The molecule has 0 radical (unpaired) electrons. The fraction of sp³-hybridized carbons (Fsp3) is 0.250. The van der Waals surface area contributed by atoms with Gasteiger partial charge in [0.1, 0.15) is 5.04 Å². The minimum absolute atomic E-state index is 0.0239. The first kappa shape index (κ1) is 5.72. The average Bonchev–Trinajstić information content (AvgIpc) is 2.14. The summed E-state index contributed by atoms with van der Waals surface area (Å²) >= 11 is 0.319. The van der Waals surface area contributed by atoms with Gasteiger partial charge in [0, 0.05) is 33.6 Å². The topological polar surface area (TPSA) is 57.0 Å². The van der Waals surface area contributed by atoms with Gasteiger partial charge in [-0.25, -0.2) is 0 Å². The lowest BCUT2D eigenvalue weighted by Crippen LogP contribution is -1.95. The van der Waals surface area contributed by atoms with E-state index in [1.807, 2.05) is 0 Å². The number of pyridine rings is 1. The summed E-state index contributed by atoms with van der Waals surface area (Å²) in [6.45, 7) is -2.07. The molecule has 4 heteroatoms. The van der Waals surface area contributed by atoms with Crippen molar-refractivity contribution in [3.8, 4) is 0 Å². The zero-order valence-corrected chi connectivity index (χ0v) is 7.06. The van der Waals surface area contributed by atoms with E-state index in [1.54, 1.807) is 6.07 Å². The van der Waals surface area contributed by atoms with E-state index in [9.17, 15) is 0 Å². The van der Waals surface area contributed by atoms with E-state index in [1.165, 1.54) is 12.3 Å². The molecular weight excluding hydrogens is 172 g/mol. The summed E-state index contributed by atoms with van der Waals surface area (Å²) in [7, 11) is 0. The summed E-state index contributed by atoms with van der Waals surface area (Å²) in [5.74, 6) is 0. The van der Waals surface area contributed by atoms with Crippen LogP contribution >= 0.6 is 12.0 Å². The molecule has 1 aromatic heterocycles. The van der Waals surface area contributed by atoms with Gasteiger partial charge in [0.25, 0.3) is 0 Å². The van der Waals surface area contributed by atoms with Crippen LogP contribution in [0.1, 0.15) is 22.2 Å². The van der Waals surface area contributed by atoms with Gasteiger partial charge in [-0.2, -0.15) is 0 Å². The van der Waals surface area contributed by atoms with Crippen molar-refractivity contribution in [2.45, 2.75) is 13.3 Å². The molecule has 1 aromatic rings. The molecule has 0 spiro atoms. The predicted octanol–water partition coefficient (Wildman–Crippen LogP) is 2.18. The van der Waals surface area contributed by atoms with Gasteiger partial charge in [-0.1, -0.05) is 6.85 Å². The van der Waals surface area contributed by atoms with Crippen molar-refractivity contribution in [1.29, 1.82) is 5.41 Å². The first-order valence-electron chi connectivity index (χ1n) is 4.77. The monoisotopic (exact) mass is 185 g/mol. The molecule has 0 atom stereocenters. The molecule has 0 aliphatic carbocycles. The molecule has 0 unspecified atom stereocenters. The Bertz CT molecular complexity index is 367. The van der Waals surface area contributed by atoms with E-state index in [2.05, 4.69) is 4.98 Å². The summed E-state index contributed by atoms with van der Waals surface area (Å²) in [6.07, 6.45) is 1.30. The third-order valence-electron chi connectivity index (χ3n) is 1.35. The van der Waals surface area contributed by atoms with Crippen LogP contribution in [0.2, 0.25) is 0 Å². The second-order valence-corrected chi connectivity index (χ2v) is 2.72. The lowest BCUT2D eigenvalue weighted by atomic mass is 10.2. The van der Waals surface area contributed by atoms with Crippen molar-refractivity contribution in [3.63, 3.8) is 0 Å². The summed E-state index contributed by atoms with van der Waals surface area (Å²) in [5.41, 5.74) is 0.864. The molecule has 3 nitrogen and oxygen atoms in total. The molecule has 0 bridgehead atoms. The maximum atomic E-state index is 8.67. The highest BCUT2D eigenvalue weighted by molar-refractivity contribution is 8.09. The second-order valence-electron chi connectivity index (χ2n) is 2.13. The summed E-state index contributed by atoms with van der Waals surface area (Å²) in [5, 5.41) is 7.33. The Labute approximate surface area is 79.8 Å². The number of rotatable bonds is 2. The maximum absolute atomic E-state index is 8.67. The molecule has 1 rings (SSSR count). The Hall–Kier alpha value is -0.870. The Morgan fingerprint density at radius 2 is 2.75 bits per heavy atom. The van der Waals surface area contributed by atoms with Crippen LogP contribution in [-0.4, -0.2) is 14.6 Å². The van der Waals surface area contributed by atoms with Gasteiger partial charge in [0.15, 0.2) is 0 Å². The molecule has 0 saturated heterocycles. The molecule has 12 heavy (non-hydrogen) atoms. The predicted molar refractivity (Wildman–Crippen MR) is 50.7 cm³/mol. The Balaban J connectivity index is 2.88. The number of hydrogen-bond donors (Lipinski definition) is 2. The minimum Gasteiger partial charge on any atom is -0.324 e. The average molecular weight is 185 g/mol. The van der Waals surface area contributed by atoms with Gasteiger partial charge < -0.3 is 4.55 Å². The quantitative estimate of drug-likeness (QED) is 0.422. The lowest BCUT2D eigenvalue weighted by Gasteiger charge is -2.00. The maximum Gasteiger partial charge on any atom is 0.122 e. The van der Waals surface area contributed by atoms with Crippen LogP contribution in [0.5, 0.6) is 0 Å². The third kappa shape index (κ3) is 2.06. The minimum atomic E-state index is -2.07. The first-order chi connectivity index (χ1) is 6.92. The van der Waals surface area contributed by atoms with Crippen LogP contribution in [0.3, 0.4) is 0 Å². The van der Waals surface area contributed by atoms with Crippen LogP contribution in [0.4, 0.5) is 0 Å². The van der Waals surface area contributed by atoms with Crippen LogP contribution < -0.4 is 0 Å². The van der Waals surface area contributed by atoms with Crippen LogP contribution in [0.15, 0.2) is 18.3 Å². The smallest absolute Gasteiger partial charge is 0.122 e. The first-order valence-corrected chi connectivity index (χ1v) is 4.05. The molecule has 0 amide bonds. The van der Waals surface area contributed by atoms with E-state index in [0.717, 1.165) is 0 Å². The van der Waals surface area contributed by atoms with Crippen molar-refractivity contribution >= 4 is 17.1 Å². The van der Waals surface area contributed by atoms with Crippen molar-refractivity contribution in [3.05, 3.63) is 29.6 Å². The molecule has 0 aliphatic heterocycles. The molecule has 0 aromatic carbocycles. The van der Waals surface area contributed by atoms with Crippen molar-refractivity contribution in [2.75, 3.05) is 0 Å². The third-order valence-corrected chi connectivity index (χ3v) is 1.77. The van der Waals surface area contributed by atoms with Crippen LogP contribution in [0, 0.1) is 5.41 Å². The number of aromatic nitrogens is 1. The highest BCUT2D eigenvalue weighted by Gasteiger charge is 2.01. The van der Waals surface area contributed by atoms with Crippen LogP contribution in [0.25, 0.3) is 0 Å². The largest absolute Gasteiger partial charge is 0.324 e. The number of nitrogens with one attached hydrogen (secondary N) is 1. The molecule has 0 fully saturated rings. The summed E-state index contributed by atoms with van der Waals surface area (Å²) in [6, 6.07) is 3.05. The van der Waals surface area contributed by atoms with Gasteiger partial charge in [-0.15, -0.1) is 0 Å². The Kier molecular flexibility index (Phi) is 2.02. The normalized spacial score (nSPS) is 14.6. The highest BCUT2D eigenvalue weighted by Crippen LogP contribution is 2.09. The number of hydrogen-bond acceptors (Lipinski definition) is 4. The van der Waals surface area contributed by atoms with E-state index >= 15 is 0 Å². The Morgan fingerprint density at radius 1 is 1.92 bits per heavy atom. The molecular formula is C8H10N2OS. The van der Waals surface area contributed by atoms with Crippen molar-refractivity contribution < 1.29 is 8.67 Å². The van der Waals surface area contributed by atoms with Crippen molar-refractivity contribution in [1.82, 2.24) is 4.98 Å². The van der Waals surface area contributed by atoms with Gasteiger partial charge in [0.05, 0.1) is 0 Å². The van der Waals surface area contributed by atoms with E-state index in [-0.39, 0.29) is 11.5 Å². The molecule has 2 N–H and O–H groups in total. The van der Waals surface area contributed by atoms with E-state index in [0.29, 0.717) is 23.3 Å². The Morgan fingerprint density at radius 3 is 3.42 bits per heavy atom. The zero-order valence-electron chi connectivity index (χ0n) is 9.24. The standard InChI is InChI=1S/C8H10N2OS/c1-2-7-5-6(3-4-10-7)8(9)12-11/h3-5,9,11H,2H2,1H3/i1D3. The highest BCUT2D eigenvalue weighted by atomic mass is 32.2. The van der Waals surface area contributed by atoms with Gasteiger partial charge in [0.2, 0.25) is 0 Å². The summed E-state index contributed by atoms with van der Waals surface area (Å²) in [4.78, 5) is 3.89. The van der Waals surface area contributed by atoms with Gasteiger partial charge in [-0.05, 0) is 18.6 Å². The number of aryl methyl sites for hydroxylation is 1.